The third-order valence-corrected chi connectivity index (χ3v) is 3.96. The van der Waals surface area contributed by atoms with Gasteiger partial charge in [-0.3, -0.25) is 4.98 Å². The van der Waals surface area contributed by atoms with Crippen LogP contribution < -0.4 is 0 Å². The fourth-order valence-electron chi connectivity index (χ4n) is 1.74. The van der Waals surface area contributed by atoms with Gasteiger partial charge in [-0.05, 0) is 31.5 Å². The molecule has 0 aliphatic heterocycles. The van der Waals surface area contributed by atoms with Crippen LogP contribution in [0.15, 0.2) is 23.4 Å². The predicted molar refractivity (Wildman–Crippen MR) is 74.5 cm³/mol. The first-order valence-electron chi connectivity index (χ1n) is 6.25. The van der Waals surface area contributed by atoms with E-state index in [2.05, 4.69) is 9.97 Å². The number of rotatable bonds is 6. The number of ether oxygens (including phenoxy) is 1. The minimum absolute atomic E-state index is 0.428. The van der Waals surface area contributed by atoms with Gasteiger partial charge in [-0.25, -0.2) is 0 Å². The molecule has 2 unspecified atom stereocenters. The first-order valence-corrected chi connectivity index (χ1v) is 7.57. The van der Waals surface area contributed by atoms with Crippen molar-refractivity contribution < 1.29 is 14.4 Å². The Morgan fingerprint density at radius 1 is 1.53 bits per heavy atom. The molecule has 1 aromatic carbocycles. The number of hydrogen-bond donors (Lipinski definition) is 2. The van der Waals surface area contributed by atoms with Gasteiger partial charge in [0.1, 0.15) is 5.75 Å². The highest BCUT2D eigenvalue weighted by molar-refractivity contribution is 7.91. The molecule has 104 valence electrons. The fraction of sp³-hybridized carbons (Fsp3) is 0.462. The lowest BCUT2D eigenvalue weighted by Gasteiger charge is -2.06. The number of aliphatic hydroxyl groups is 1. The van der Waals surface area contributed by atoms with E-state index >= 15 is 0 Å². The minimum atomic E-state index is -1.19. The molecule has 0 saturated carbocycles. The molecule has 0 bridgehead atoms. The average molecular weight is 282 g/mol. The summed E-state index contributed by atoms with van der Waals surface area (Å²) in [6.45, 7) is 4.69. The van der Waals surface area contributed by atoms with Gasteiger partial charge in [-0.1, -0.05) is 6.07 Å². The number of hydrogen-bond acceptors (Lipinski definition) is 4. The van der Waals surface area contributed by atoms with Gasteiger partial charge in [0.15, 0.2) is 0 Å². The normalized spacial score (nSPS) is 14.7. The monoisotopic (exact) mass is 282 g/mol. The van der Waals surface area contributed by atoms with E-state index in [1.807, 2.05) is 19.1 Å². The molecule has 0 aliphatic rings. The Hall–Kier alpha value is -1.08. The summed E-state index contributed by atoms with van der Waals surface area (Å²) in [5.74, 6) is 0.428. The molecule has 0 amide bonds. The third kappa shape index (κ3) is 3.48. The van der Waals surface area contributed by atoms with Crippen LogP contribution in [0.5, 0.6) is 0 Å². The molecular formula is C13H18N2O3S. The van der Waals surface area contributed by atoms with E-state index in [1.165, 1.54) is 0 Å². The molecule has 2 aromatic rings. The molecule has 2 rings (SSSR count). The van der Waals surface area contributed by atoms with Crippen molar-refractivity contribution in [3.8, 4) is 0 Å². The Balaban J connectivity index is 2.16. The average Bonchev–Trinajstić information content (AvgIpc) is 2.81. The molecule has 19 heavy (non-hydrogen) atoms. The zero-order chi connectivity index (χ0) is 13.8. The lowest BCUT2D eigenvalue weighted by Crippen LogP contribution is -2.13. The SMILES string of the molecule is CCOCC[S+]([O-])c1nc2cc(C(C)O)ccc2[nH]1. The molecule has 2 atom stereocenters. The second-order valence-corrected chi connectivity index (χ2v) is 5.73. The summed E-state index contributed by atoms with van der Waals surface area (Å²) in [4.78, 5) is 7.35. The smallest absolute Gasteiger partial charge is 0.321 e. The number of imidazole rings is 1. The second-order valence-electron chi connectivity index (χ2n) is 4.24. The maximum atomic E-state index is 12.0. The highest BCUT2D eigenvalue weighted by Crippen LogP contribution is 2.20. The number of aliphatic hydroxyl groups excluding tert-OH is 1. The first-order chi connectivity index (χ1) is 9.11. The van der Waals surface area contributed by atoms with Crippen LogP contribution in [-0.2, 0) is 15.9 Å². The number of fused-ring (bicyclic) bond motifs is 1. The molecule has 0 fully saturated rings. The Morgan fingerprint density at radius 3 is 3.00 bits per heavy atom. The summed E-state index contributed by atoms with van der Waals surface area (Å²) in [5.41, 5.74) is 2.34. The summed E-state index contributed by atoms with van der Waals surface area (Å²) in [6, 6.07) is 5.48. The molecule has 2 N–H and O–H groups in total. The van der Waals surface area contributed by atoms with Gasteiger partial charge in [0, 0.05) is 17.8 Å². The number of aromatic amines is 1. The second kappa shape index (κ2) is 6.38. The van der Waals surface area contributed by atoms with Crippen molar-refractivity contribution in [2.24, 2.45) is 0 Å². The molecule has 1 heterocycles. The Morgan fingerprint density at radius 2 is 2.32 bits per heavy atom. The third-order valence-electron chi connectivity index (χ3n) is 2.80. The number of nitrogens with one attached hydrogen (secondary N) is 1. The summed E-state index contributed by atoms with van der Waals surface area (Å²) in [7, 11) is 0. The zero-order valence-corrected chi connectivity index (χ0v) is 11.9. The Bertz CT molecular complexity index is 542. The molecule has 0 spiro atoms. The Kier molecular flexibility index (Phi) is 4.81. The summed E-state index contributed by atoms with van der Waals surface area (Å²) in [6.07, 6.45) is -0.534. The fourth-order valence-corrected chi connectivity index (χ4v) is 2.63. The van der Waals surface area contributed by atoms with E-state index in [-0.39, 0.29) is 0 Å². The van der Waals surface area contributed by atoms with Crippen LogP contribution in [0, 0.1) is 0 Å². The first kappa shape index (κ1) is 14.3. The van der Waals surface area contributed by atoms with Gasteiger partial charge in [-0.15, -0.1) is 0 Å². The number of benzene rings is 1. The summed E-state index contributed by atoms with van der Waals surface area (Å²) < 4.78 is 17.2. The van der Waals surface area contributed by atoms with Crippen LogP contribution in [-0.4, -0.2) is 38.6 Å². The van der Waals surface area contributed by atoms with Gasteiger partial charge in [0.25, 0.3) is 0 Å². The molecule has 1 aromatic heterocycles. The van der Waals surface area contributed by atoms with E-state index in [9.17, 15) is 9.66 Å². The van der Waals surface area contributed by atoms with E-state index in [4.69, 9.17) is 4.74 Å². The molecule has 0 aliphatic carbocycles. The quantitative estimate of drug-likeness (QED) is 0.625. The topological polar surface area (TPSA) is 81.2 Å². The lowest BCUT2D eigenvalue weighted by molar-refractivity contribution is 0.163. The molecular weight excluding hydrogens is 264 g/mol. The van der Waals surface area contributed by atoms with Gasteiger partial charge in [0.2, 0.25) is 0 Å². The highest BCUT2D eigenvalue weighted by atomic mass is 32.2. The number of aromatic nitrogens is 2. The predicted octanol–water partition coefficient (Wildman–Crippen LogP) is 1.76. The van der Waals surface area contributed by atoms with Crippen molar-refractivity contribution in [1.29, 1.82) is 0 Å². The van der Waals surface area contributed by atoms with Crippen LogP contribution in [0.2, 0.25) is 0 Å². The standard InChI is InChI=1S/C13H18N2O3S/c1-3-18-6-7-19(17)13-14-11-5-4-10(9(2)16)8-12(11)15-13/h4-5,8-9,16H,3,6-7H2,1-2H3,(H,14,15). The molecule has 0 saturated heterocycles. The van der Waals surface area contributed by atoms with Gasteiger partial charge < -0.3 is 14.4 Å². The largest absolute Gasteiger partial charge is 0.609 e. The van der Waals surface area contributed by atoms with Crippen LogP contribution in [0.1, 0.15) is 25.5 Å². The van der Waals surface area contributed by atoms with Gasteiger partial charge in [0.05, 0.1) is 23.7 Å². The minimum Gasteiger partial charge on any atom is -0.609 e. The Labute approximate surface area is 115 Å². The van der Waals surface area contributed by atoms with Gasteiger partial charge >= 0.3 is 5.16 Å². The van der Waals surface area contributed by atoms with Crippen LogP contribution >= 0.6 is 0 Å². The van der Waals surface area contributed by atoms with Crippen LogP contribution in [0.4, 0.5) is 0 Å². The van der Waals surface area contributed by atoms with E-state index in [1.54, 1.807) is 13.0 Å². The van der Waals surface area contributed by atoms with Crippen molar-refractivity contribution in [3.05, 3.63) is 23.8 Å². The van der Waals surface area contributed by atoms with Gasteiger partial charge in [-0.2, -0.15) is 4.98 Å². The van der Waals surface area contributed by atoms with Crippen LogP contribution in [0.3, 0.4) is 0 Å². The van der Waals surface area contributed by atoms with Crippen molar-refractivity contribution in [1.82, 2.24) is 9.97 Å². The molecule has 6 heteroatoms. The van der Waals surface area contributed by atoms with E-state index in [0.717, 1.165) is 16.6 Å². The number of H-pyrrole nitrogens is 1. The van der Waals surface area contributed by atoms with E-state index in [0.29, 0.717) is 24.1 Å². The van der Waals surface area contributed by atoms with Crippen molar-refractivity contribution >= 4 is 22.2 Å². The maximum Gasteiger partial charge on any atom is 0.321 e. The molecule has 5 nitrogen and oxygen atoms in total. The maximum absolute atomic E-state index is 12.0. The summed E-state index contributed by atoms with van der Waals surface area (Å²) >= 11 is -1.19. The van der Waals surface area contributed by atoms with E-state index < -0.39 is 17.3 Å². The summed E-state index contributed by atoms with van der Waals surface area (Å²) in [5, 5.41) is 9.98. The molecule has 0 radical (unpaired) electrons. The van der Waals surface area contributed by atoms with Crippen molar-refractivity contribution in [2.75, 3.05) is 19.0 Å². The highest BCUT2D eigenvalue weighted by Gasteiger charge is 2.16. The lowest BCUT2D eigenvalue weighted by atomic mass is 10.1. The van der Waals surface area contributed by atoms with Crippen molar-refractivity contribution in [3.63, 3.8) is 0 Å². The number of nitrogens with zero attached hydrogens (tertiary/aromatic N) is 1. The van der Waals surface area contributed by atoms with Crippen LogP contribution in [0.25, 0.3) is 11.0 Å². The van der Waals surface area contributed by atoms with Crippen molar-refractivity contribution in [2.45, 2.75) is 25.1 Å². The zero-order valence-electron chi connectivity index (χ0n) is 11.0.